The van der Waals surface area contributed by atoms with E-state index in [1.54, 1.807) is 0 Å². The van der Waals surface area contributed by atoms with E-state index in [9.17, 15) is 0 Å². The van der Waals surface area contributed by atoms with E-state index in [0.29, 0.717) is 25.2 Å². The Bertz CT molecular complexity index is 213. The summed E-state index contributed by atoms with van der Waals surface area (Å²) in [5.74, 6) is 0.580. The van der Waals surface area contributed by atoms with Crippen LogP contribution in [0.2, 0.25) is 0 Å². The largest absolute Gasteiger partial charge is 0.380 e. The van der Waals surface area contributed by atoms with Crippen LogP contribution in [-0.4, -0.2) is 31.8 Å². The average molecular weight is 241 g/mol. The second-order valence-electron chi connectivity index (χ2n) is 4.71. The van der Waals surface area contributed by atoms with Gasteiger partial charge in [-0.2, -0.15) is 0 Å². The molecule has 0 aromatic rings. The summed E-state index contributed by atoms with van der Waals surface area (Å²) >= 11 is 0. The van der Waals surface area contributed by atoms with Gasteiger partial charge < -0.3 is 15.8 Å². The highest BCUT2D eigenvalue weighted by molar-refractivity contribution is 5.78. The summed E-state index contributed by atoms with van der Waals surface area (Å²) in [5.41, 5.74) is 5.83. The van der Waals surface area contributed by atoms with Crippen molar-refractivity contribution in [2.24, 2.45) is 10.7 Å². The Balaban J connectivity index is 2.03. The van der Waals surface area contributed by atoms with E-state index in [1.165, 1.54) is 38.5 Å². The molecular formula is C13H27N3O. The summed E-state index contributed by atoms with van der Waals surface area (Å²) in [5, 5.41) is 3.29. The van der Waals surface area contributed by atoms with E-state index in [-0.39, 0.29) is 0 Å². The number of hydrogen-bond donors (Lipinski definition) is 2. The first kappa shape index (κ1) is 14.3. The lowest BCUT2D eigenvalue weighted by Crippen LogP contribution is -2.41. The Hall–Kier alpha value is -0.770. The first-order chi connectivity index (χ1) is 8.33. The molecule has 0 bridgehead atoms. The standard InChI is InChI=1S/C13H27N3O/c1-2-3-10-17-11-9-15-13(14)16-12-7-5-4-6-8-12/h12H,2-11H2,1H3,(H3,14,15,16). The molecule has 4 nitrogen and oxygen atoms in total. The summed E-state index contributed by atoms with van der Waals surface area (Å²) in [7, 11) is 0. The van der Waals surface area contributed by atoms with Crippen molar-refractivity contribution in [1.82, 2.24) is 5.32 Å². The molecule has 0 saturated heterocycles. The van der Waals surface area contributed by atoms with Crippen molar-refractivity contribution in [2.45, 2.75) is 57.9 Å². The number of rotatable bonds is 7. The molecule has 0 aliphatic heterocycles. The van der Waals surface area contributed by atoms with Gasteiger partial charge in [0.25, 0.3) is 0 Å². The van der Waals surface area contributed by atoms with Gasteiger partial charge in [0.05, 0.1) is 13.2 Å². The summed E-state index contributed by atoms with van der Waals surface area (Å²) in [6.45, 7) is 4.33. The minimum atomic E-state index is 0.536. The van der Waals surface area contributed by atoms with Gasteiger partial charge in [0, 0.05) is 12.6 Å². The fraction of sp³-hybridized carbons (Fsp3) is 0.923. The summed E-state index contributed by atoms with van der Waals surface area (Å²) in [4.78, 5) is 4.27. The van der Waals surface area contributed by atoms with E-state index in [0.717, 1.165) is 13.0 Å². The number of ether oxygens (including phenoxy) is 1. The van der Waals surface area contributed by atoms with Gasteiger partial charge in [-0.15, -0.1) is 0 Å². The maximum atomic E-state index is 5.83. The van der Waals surface area contributed by atoms with Crippen molar-refractivity contribution in [3.05, 3.63) is 0 Å². The highest BCUT2D eigenvalue weighted by Gasteiger charge is 2.12. The van der Waals surface area contributed by atoms with Gasteiger partial charge in [0.1, 0.15) is 0 Å². The number of unbranched alkanes of at least 4 members (excludes halogenated alkanes) is 1. The van der Waals surface area contributed by atoms with Crippen LogP contribution < -0.4 is 11.1 Å². The lowest BCUT2D eigenvalue weighted by atomic mass is 9.96. The molecule has 100 valence electrons. The predicted octanol–water partition coefficient (Wildman–Crippen LogP) is 2.04. The van der Waals surface area contributed by atoms with E-state index in [1.807, 2.05) is 0 Å². The fourth-order valence-corrected chi connectivity index (χ4v) is 2.08. The van der Waals surface area contributed by atoms with Crippen LogP contribution in [0.15, 0.2) is 4.99 Å². The molecule has 1 rings (SSSR count). The molecule has 0 atom stereocenters. The van der Waals surface area contributed by atoms with Gasteiger partial charge in [-0.05, 0) is 19.3 Å². The molecule has 0 unspecified atom stereocenters. The molecule has 0 radical (unpaired) electrons. The van der Waals surface area contributed by atoms with Crippen LogP contribution in [0.5, 0.6) is 0 Å². The number of nitrogens with zero attached hydrogens (tertiary/aromatic N) is 1. The zero-order valence-corrected chi connectivity index (χ0v) is 11.1. The normalized spacial score (nSPS) is 18.3. The Morgan fingerprint density at radius 3 is 2.76 bits per heavy atom. The van der Waals surface area contributed by atoms with E-state index in [2.05, 4.69) is 17.2 Å². The molecule has 17 heavy (non-hydrogen) atoms. The van der Waals surface area contributed by atoms with Crippen molar-refractivity contribution in [1.29, 1.82) is 0 Å². The highest BCUT2D eigenvalue weighted by atomic mass is 16.5. The number of nitrogens with two attached hydrogens (primary N) is 1. The third kappa shape index (κ3) is 7.21. The Kier molecular flexibility index (Phi) is 7.80. The summed E-state index contributed by atoms with van der Waals surface area (Å²) in [6, 6.07) is 0.536. The topological polar surface area (TPSA) is 59.6 Å². The van der Waals surface area contributed by atoms with Crippen LogP contribution in [0.3, 0.4) is 0 Å². The van der Waals surface area contributed by atoms with Crippen LogP contribution in [0.4, 0.5) is 0 Å². The van der Waals surface area contributed by atoms with Gasteiger partial charge in [-0.1, -0.05) is 32.6 Å². The zero-order chi connectivity index (χ0) is 12.3. The average Bonchev–Trinajstić information content (AvgIpc) is 2.35. The lowest BCUT2D eigenvalue weighted by molar-refractivity contribution is 0.139. The summed E-state index contributed by atoms with van der Waals surface area (Å²) < 4.78 is 5.42. The van der Waals surface area contributed by atoms with Crippen LogP contribution in [0.1, 0.15) is 51.9 Å². The number of nitrogens with one attached hydrogen (secondary N) is 1. The van der Waals surface area contributed by atoms with Gasteiger partial charge >= 0.3 is 0 Å². The number of guanidine groups is 1. The molecule has 0 spiro atoms. The highest BCUT2D eigenvalue weighted by Crippen LogP contribution is 2.16. The van der Waals surface area contributed by atoms with Gasteiger partial charge in [-0.3, -0.25) is 4.99 Å². The fourth-order valence-electron chi connectivity index (χ4n) is 2.08. The monoisotopic (exact) mass is 241 g/mol. The lowest BCUT2D eigenvalue weighted by Gasteiger charge is -2.23. The molecule has 3 N–H and O–H groups in total. The maximum absolute atomic E-state index is 5.83. The van der Waals surface area contributed by atoms with E-state index in [4.69, 9.17) is 10.5 Å². The third-order valence-corrected chi connectivity index (χ3v) is 3.12. The van der Waals surface area contributed by atoms with Crippen LogP contribution in [-0.2, 0) is 4.74 Å². The summed E-state index contributed by atoms with van der Waals surface area (Å²) in [6.07, 6.45) is 8.73. The number of aliphatic imine (C=N–C) groups is 1. The smallest absolute Gasteiger partial charge is 0.188 e. The quantitative estimate of drug-likeness (QED) is 0.407. The molecule has 0 amide bonds. The molecule has 0 heterocycles. The van der Waals surface area contributed by atoms with Gasteiger partial charge in [0.2, 0.25) is 0 Å². The molecule has 0 aromatic heterocycles. The minimum Gasteiger partial charge on any atom is -0.380 e. The number of hydrogen-bond acceptors (Lipinski definition) is 2. The molecular weight excluding hydrogens is 214 g/mol. The van der Waals surface area contributed by atoms with Crippen molar-refractivity contribution < 1.29 is 4.74 Å². The molecule has 1 fully saturated rings. The van der Waals surface area contributed by atoms with Crippen LogP contribution in [0.25, 0.3) is 0 Å². The first-order valence-electron chi connectivity index (χ1n) is 6.97. The molecule has 0 aromatic carbocycles. The third-order valence-electron chi connectivity index (χ3n) is 3.12. The first-order valence-corrected chi connectivity index (χ1v) is 6.97. The molecule has 4 heteroatoms. The van der Waals surface area contributed by atoms with Crippen molar-refractivity contribution in [2.75, 3.05) is 19.8 Å². The second kappa shape index (κ2) is 9.28. The molecule has 1 aliphatic rings. The minimum absolute atomic E-state index is 0.536. The maximum Gasteiger partial charge on any atom is 0.188 e. The van der Waals surface area contributed by atoms with E-state index < -0.39 is 0 Å². The van der Waals surface area contributed by atoms with Gasteiger partial charge in [-0.25, -0.2) is 0 Å². The van der Waals surface area contributed by atoms with Crippen LogP contribution >= 0.6 is 0 Å². The second-order valence-corrected chi connectivity index (χ2v) is 4.71. The van der Waals surface area contributed by atoms with Crippen molar-refractivity contribution >= 4 is 5.96 Å². The Labute approximate surface area is 105 Å². The Morgan fingerprint density at radius 1 is 1.29 bits per heavy atom. The van der Waals surface area contributed by atoms with Crippen molar-refractivity contribution in [3.8, 4) is 0 Å². The van der Waals surface area contributed by atoms with Crippen LogP contribution in [0, 0.1) is 0 Å². The molecule has 1 saturated carbocycles. The predicted molar refractivity (Wildman–Crippen MR) is 72.2 cm³/mol. The zero-order valence-electron chi connectivity index (χ0n) is 11.1. The molecule has 1 aliphatic carbocycles. The van der Waals surface area contributed by atoms with Gasteiger partial charge in [0.15, 0.2) is 5.96 Å². The van der Waals surface area contributed by atoms with E-state index >= 15 is 0 Å². The SMILES string of the molecule is CCCCOCCN=C(N)NC1CCCCC1. The van der Waals surface area contributed by atoms with Crippen molar-refractivity contribution in [3.63, 3.8) is 0 Å². The Morgan fingerprint density at radius 2 is 2.06 bits per heavy atom.